The van der Waals surface area contributed by atoms with Crippen LogP contribution in [-0.4, -0.2) is 49.6 Å². The first kappa shape index (κ1) is 22.6. The maximum Gasteiger partial charge on any atom is 0.256 e. The van der Waals surface area contributed by atoms with Gasteiger partial charge in [-0.05, 0) is 55.7 Å². The van der Waals surface area contributed by atoms with Crippen molar-refractivity contribution in [2.45, 2.75) is 34.1 Å². The predicted octanol–water partition coefficient (Wildman–Crippen LogP) is 3.20. The number of carbonyl (C=O) groups is 1. The van der Waals surface area contributed by atoms with Gasteiger partial charge in [0.2, 0.25) is 5.91 Å². The van der Waals surface area contributed by atoms with E-state index in [0.29, 0.717) is 17.6 Å². The fourth-order valence-corrected chi connectivity index (χ4v) is 6.27. The quantitative estimate of drug-likeness (QED) is 0.369. The van der Waals surface area contributed by atoms with E-state index < -0.39 is 20.5 Å². The van der Waals surface area contributed by atoms with Crippen LogP contribution in [0.15, 0.2) is 63.1 Å². The molecule has 8 nitrogen and oxygen atoms in total. The largest absolute Gasteiger partial charge is 0.494 e. The van der Waals surface area contributed by atoms with Crippen LogP contribution in [0.5, 0.6) is 5.75 Å². The smallest absolute Gasteiger partial charge is 0.256 e. The molecule has 0 spiro atoms. The zero-order valence-electron chi connectivity index (χ0n) is 17.4. The minimum atomic E-state index is -3.94. The second kappa shape index (κ2) is 9.51. The van der Waals surface area contributed by atoms with E-state index in [2.05, 4.69) is 4.98 Å². The molecule has 2 aromatic carbocycles. The fraction of sp³-hybridized carbons (Fsp3) is 0.364. The normalized spacial score (nSPS) is 16.1. The van der Waals surface area contributed by atoms with E-state index in [1.165, 1.54) is 23.9 Å². The van der Waals surface area contributed by atoms with Gasteiger partial charge in [0.25, 0.3) is 5.22 Å². The highest BCUT2D eigenvalue weighted by molar-refractivity contribution is 7.99. The van der Waals surface area contributed by atoms with Crippen molar-refractivity contribution >= 4 is 38.6 Å². The van der Waals surface area contributed by atoms with Gasteiger partial charge in [-0.3, -0.25) is 4.79 Å². The minimum absolute atomic E-state index is 0.0528. The zero-order valence-corrected chi connectivity index (χ0v) is 19.0. The summed E-state index contributed by atoms with van der Waals surface area (Å²) >= 11 is 1.51. The maximum atomic E-state index is 13.1. The van der Waals surface area contributed by atoms with Crippen molar-refractivity contribution in [2.75, 3.05) is 25.6 Å². The lowest BCUT2D eigenvalue weighted by molar-refractivity contribution is -0.122. The molecule has 10 heteroatoms. The Morgan fingerprint density at radius 2 is 1.84 bits per heavy atom. The minimum Gasteiger partial charge on any atom is -0.494 e. The zero-order chi connectivity index (χ0) is 22.6. The number of nitrogens with zero attached hydrogens (tertiary/aromatic N) is 1. The molecule has 0 saturated carbocycles. The van der Waals surface area contributed by atoms with Gasteiger partial charge in [-0.2, -0.15) is 0 Å². The Morgan fingerprint density at radius 3 is 2.53 bits per heavy atom. The highest BCUT2D eigenvalue weighted by Gasteiger charge is 2.51. The topological polar surface area (TPSA) is 122 Å². The van der Waals surface area contributed by atoms with Crippen molar-refractivity contribution in [2.24, 2.45) is 5.73 Å². The van der Waals surface area contributed by atoms with E-state index in [4.69, 9.17) is 19.6 Å². The van der Waals surface area contributed by atoms with Crippen LogP contribution < -0.4 is 10.5 Å². The van der Waals surface area contributed by atoms with Crippen LogP contribution in [-0.2, 0) is 19.4 Å². The average Bonchev–Trinajstić information content (AvgIpc) is 3.22. The van der Waals surface area contributed by atoms with Crippen molar-refractivity contribution in [1.29, 1.82) is 0 Å². The van der Waals surface area contributed by atoms with Crippen molar-refractivity contribution < 1.29 is 27.1 Å². The van der Waals surface area contributed by atoms with Crippen LogP contribution in [0.1, 0.15) is 19.3 Å². The van der Waals surface area contributed by atoms with Gasteiger partial charge in [-0.15, -0.1) is 0 Å². The molecule has 1 aromatic heterocycles. The number of rotatable bonds is 9. The van der Waals surface area contributed by atoms with Crippen LogP contribution in [0.2, 0.25) is 0 Å². The third-order valence-corrected chi connectivity index (χ3v) is 8.90. The number of primary amides is 1. The third kappa shape index (κ3) is 4.48. The second-order valence-electron chi connectivity index (χ2n) is 7.44. The van der Waals surface area contributed by atoms with E-state index >= 15 is 0 Å². The molecule has 1 fully saturated rings. The molecule has 0 unspecified atom stereocenters. The molecule has 2 heterocycles. The molecule has 0 bridgehead atoms. The molecule has 3 aromatic rings. The number of amides is 1. The monoisotopic (exact) mass is 476 g/mol. The molecule has 2 N–H and O–H groups in total. The summed E-state index contributed by atoms with van der Waals surface area (Å²) in [6, 6.07) is 13.7. The summed E-state index contributed by atoms with van der Waals surface area (Å²) in [7, 11) is -3.94. The number of hydrogen-bond acceptors (Lipinski definition) is 8. The SMILES string of the molecule is NC(=O)C1(S(=O)(=O)c2ccc(OCCCSc3nc4ccccc4o3)cc2)CCOCC1. The highest BCUT2D eigenvalue weighted by atomic mass is 32.2. The Kier molecular flexibility index (Phi) is 6.73. The molecule has 0 aliphatic carbocycles. The van der Waals surface area contributed by atoms with Crippen LogP contribution in [0.3, 0.4) is 0 Å². The van der Waals surface area contributed by atoms with Crippen molar-refractivity contribution in [3.8, 4) is 5.75 Å². The number of carbonyl (C=O) groups excluding carboxylic acids is 1. The number of para-hydroxylation sites is 2. The third-order valence-electron chi connectivity index (χ3n) is 5.46. The highest BCUT2D eigenvalue weighted by Crippen LogP contribution is 2.35. The van der Waals surface area contributed by atoms with Crippen LogP contribution in [0.25, 0.3) is 11.1 Å². The number of oxazole rings is 1. The second-order valence-corrected chi connectivity index (χ2v) is 10.7. The molecule has 1 amide bonds. The predicted molar refractivity (Wildman–Crippen MR) is 120 cm³/mol. The molecule has 4 rings (SSSR count). The molecule has 1 aliphatic heterocycles. The Morgan fingerprint density at radius 1 is 1.12 bits per heavy atom. The van der Waals surface area contributed by atoms with Gasteiger partial charge >= 0.3 is 0 Å². The van der Waals surface area contributed by atoms with Gasteiger partial charge in [0.15, 0.2) is 20.2 Å². The summed E-state index contributed by atoms with van der Waals surface area (Å²) in [6.07, 6.45) is 0.871. The van der Waals surface area contributed by atoms with Gasteiger partial charge in [-0.1, -0.05) is 23.9 Å². The first-order valence-corrected chi connectivity index (χ1v) is 12.7. The number of aromatic nitrogens is 1. The number of benzene rings is 2. The Hall–Kier alpha value is -2.56. The summed E-state index contributed by atoms with van der Waals surface area (Å²) in [5.74, 6) is 0.483. The fourth-order valence-electron chi connectivity index (χ4n) is 3.61. The lowest BCUT2D eigenvalue weighted by Gasteiger charge is -2.33. The summed E-state index contributed by atoms with van der Waals surface area (Å²) in [5.41, 5.74) is 7.10. The van der Waals surface area contributed by atoms with E-state index in [1.807, 2.05) is 24.3 Å². The van der Waals surface area contributed by atoms with Gasteiger partial charge in [-0.25, -0.2) is 13.4 Å². The molecular weight excluding hydrogens is 452 g/mol. The van der Waals surface area contributed by atoms with Crippen LogP contribution >= 0.6 is 11.8 Å². The molecule has 0 radical (unpaired) electrons. The Bertz CT molecular complexity index is 1150. The summed E-state index contributed by atoms with van der Waals surface area (Å²) in [6.45, 7) is 0.831. The maximum absolute atomic E-state index is 13.1. The molecule has 32 heavy (non-hydrogen) atoms. The first-order chi connectivity index (χ1) is 15.4. The van der Waals surface area contributed by atoms with Crippen LogP contribution in [0.4, 0.5) is 0 Å². The number of ether oxygens (including phenoxy) is 2. The summed E-state index contributed by atoms with van der Waals surface area (Å²) < 4.78 is 41.3. The molecule has 1 aliphatic rings. The number of hydrogen-bond donors (Lipinski definition) is 1. The summed E-state index contributed by atoms with van der Waals surface area (Å²) in [5, 5.41) is 0.622. The number of sulfone groups is 1. The van der Waals surface area contributed by atoms with Crippen molar-refractivity contribution in [1.82, 2.24) is 4.98 Å². The van der Waals surface area contributed by atoms with Gasteiger partial charge < -0.3 is 19.6 Å². The van der Waals surface area contributed by atoms with E-state index in [1.54, 1.807) is 12.1 Å². The number of thioether (sulfide) groups is 1. The molecule has 1 saturated heterocycles. The molecule has 0 atom stereocenters. The lowest BCUT2D eigenvalue weighted by Crippen LogP contribution is -2.53. The molecule has 170 valence electrons. The Labute approximate surface area is 190 Å². The molecular formula is C22H24N2O6S2. The van der Waals surface area contributed by atoms with Crippen molar-refractivity contribution in [3.05, 3.63) is 48.5 Å². The Balaban J connectivity index is 1.31. The first-order valence-electron chi connectivity index (χ1n) is 10.3. The van der Waals surface area contributed by atoms with Gasteiger partial charge in [0.05, 0.1) is 11.5 Å². The summed E-state index contributed by atoms with van der Waals surface area (Å²) in [4.78, 5) is 16.5. The van der Waals surface area contributed by atoms with E-state index in [9.17, 15) is 13.2 Å². The van der Waals surface area contributed by atoms with Crippen molar-refractivity contribution in [3.63, 3.8) is 0 Å². The number of fused-ring (bicyclic) bond motifs is 1. The van der Waals surface area contributed by atoms with E-state index in [0.717, 1.165) is 23.3 Å². The van der Waals surface area contributed by atoms with E-state index in [-0.39, 0.29) is 31.0 Å². The standard InChI is InChI=1S/C22H24N2O6S2/c23-20(25)22(10-13-28-14-11-22)32(26,27)17-8-6-16(7-9-17)29-12-3-15-31-21-24-18-4-1-2-5-19(18)30-21/h1-2,4-9H,3,10-15H2,(H2,23,25). The lowest BCUT2D eigenvalue weighted by atomic mass is 9.98. The average molecular weight is 477 g/mol. The van der Waals surface area contributed by atoms with Gasteiger partial charge in [0.1, 0.15) is 11.3 Å². The van der Waals surface area contributed by atoms with Crippen LogP contribution in [0, 0.1) is 0 Å². The number of nitrogens with two attached hydrogens (primary N) is 1. The van der Waals surface area contributed by atoms with Gasteiger partial charge in [0, 0.05) is 19.0 Å².